The lowest BCUT2D eigenvalue weighted by atomic mass is 10.2. The Morgan fingerprint density at radius 1 is 0.900 bits per heavy atom. The quantitative estimate of drug-likeness (QED) is 0.607. The van der Waals surface area contributed by atoms with Crippen molar-refractivity contribution < 1.29 is 14.3 Å². The van der Waals surface area contributed by atoms with Crippen LogP contribution in [0.1, 0.15) is 12.0 Å². The molecular formula is C22H29N5O3. The van der Waals surface area contributed by atoms with Crippen LogP contribution in [0.15, 0.2) is 54.6 Å². The summed E-state index contributed by atoms with van der Waals surface area (Å²) in [5.74, 6) is 0.488. The largest absolute Gasteiger partial charge is 0.497 e. The molecule has 0 aliphatic carbocycles. The summed E-state index contributed by atoms with van der Waals surface area (Å²) in [6, 6.07) is 16.9. The number of piperazine rings is 1. The van der Waals surface area contributed by atoms with E-state index in [1.54, 1.807) is 31.4 Å². The number of amides is 3. The first-order chi connectivity index (χ1) is 14.6. The van der Waals surface area contributed by atoms with E-state index in [0.717, 1.165) is 32.7 Å². The number of hydrogen-bond donors (Lipinski definition) is 3. The molecule has 2 aromatic rings. The van der Waals surface area contributed by atoms with Crippen molar-refractivity contribution in [1.82, 2.24) is 20.7 Å². The Labute approximate surface area is 177 Å². The minimum Gasteiger partial charge on any atom is -0.497 e. The number of rotatable bonds is 7. The molecule has 1 aliphatic heterocycles. The van der Waals surface area contributed by atoms with E-state index in [-0.39, 0.29) is 5.91 Å². The first kappa shape index (κ1) is 21.6. The molecule has 1 heterocycles. The van der Waals surface area contributed by atoms with Crippen molar-refractivity contribution in [3.05, 3.63) is 60.2 Å². The third-order valence-corrected chi connectivity index (χ3v) is 5.03. The number of nitrogens with zero attached hydrogens (tertiary/aromatic N) is 2. The highest BCUT2D eigenvalue weighted by molar-refractivity contribution is 5.90. The van der Waals surface area contributed by atoms with Crippen LogP contribution in [0, 0.1) is 0 Å². The van der Waals surface area contributed by atoms with Crippen LogP contribution >= 0.6 is 0 Å². The van der Waals surface area contributed by atoms with E-state index in [1.807, 2.05) is 6.07 Å². The standard InChI is InChI=1S/C22H29N5O3/c1-30-20-9-7-19(8-10-20)23-22(29)25-24-21(28)11-12-26-13-15-27(16-14-26)17-18-5-3-2-4-6-18/h2-10H,11-17H2,1H3,(H,24,28)(H2,23,25,29). The molecule has 160 valence electrons. The average Bonchev–Trinajstić information content (AvgIpc) is 2.78. The number of hydrogen-bond acceptors (Lipinski definition) is 5. The fraction of sp³-hybridized carbons (Fsp3) is 0.364. The number of methoxy groups -OCH3 is 1. The molecule has 3 amide bonds. The highest BCUT2D eigenvalue weighted by atomic mass is 16.5. The van der Waals surface area contributed by atoms with Gasteiger partial charge in [0.2, 0.25) is 5.91 Å². The normalized spacial score (nSPS) is 14.7. The lowest BCUT2D eigenvalue weighted by molar-refractivity contribution is -0.122. The molecule has 0 saturated carbocycles. The molecular weight excluding hydrogens is 382 g/mol. The lowest BCUT2D eigenvalue weighted by Gasteiger charge is -2.34. The molecule has 8 heteroatoms. The Bertz CT molecular complexity index is 805. The van der Waals surface area contributed by atoms with E-state index in [9.17, 15) is 9.59 Å². The fourth-order valence-electron chi connectivity index (χ4n) is 3.30. The van der Waals surface area contributed by atoms with E-state index in [0.29, 0.717) is 24.4 Å². The summed E-state index contributed by atoms with van der Waals surface area (Å²) in [6.45, 7) is 5.48. The lowest BCUT2D eigenvalue weighted by Crippen LogP contribution is -2.48. The Balaban J connectivity index is 1.29. The van der Waals surface area contributed by atoms with Gasteiger partial charge in [-0.3, -0.25) is 15.1 Å². The molecule has 0 aromatic heterocycles. The van der Waals surface area contributed by atoms with Crippen LogP contribution in [0.4, 0.5) is 10.5 Å². The first-order valence-electron chi connectivity index (χ1n) is 10.1. The molecule has 1 fully saturated rings. The summed E-state index contributed by atoms with van der Waals surface area (Å²) in [6.07, 6.45) is 0.335. The van der Waals surface area contributed by atoms with Gasteiger partial charge >= 0.3 is 6.03 Å². The minimum atomic E-state index is -0.497. The SMILES string of the molecule is COc1ccc(NC(=O)NNC(=O)CCN2CCN(Cc3ccccc3)CC2)cc1. The maximum atomic E-state index is 12.0. The molecule has 3 N–H and O–H groups in total. The molecule has 0 atom stereocenters. The molecule has 1 aliphatic rings. The second-order valence-corrected chi connectivity index (χ2v) is 7.21. The summed E-state index contributed by atoms with van der Waals surface area (Å²) in [4.78, 5) is 28.6. The van der Waals surface area contributed by atoms with Gasteiger partial charge in [0.25, 0.3) is 0 Å². The van der Waals surface area contributed by atoms with E-state index >= 15 is 0 Å². The molecule has 0 spiro atoms. The fourth-order valence-corrected chi connectivity index (χ4v) is 3.30. The van der Waals surface area contributed by atoms with Gasteiger partial charge in [-0.2, -0.15) is 0 Å². The Kier molecular flexibility index (Phi) is 8.05. The molecule has 2 aromatic carbocycles. The van der Waals surface area contributed by atoms with E-state index in [4.69, 9.17) is 4.74 Å². The minimum absolute atomic E-state index is 0.216. The number of carbonyl (C=O) groups excluding carboxylic acids is 2. The van der Waals surface area contributed by atoms with Crippen molar-refractivity contribution in [2.75, 3.05) is 45.2 Å². The zero-order valence-corrected chi connectivity index (χ0v) is 17.3. The van der Waals surface area contributed by atoms with Gasteiger partial charge in [0.15, 0.2) is 0 Å². The summed E-state index contributed by atoms with van der Waals surface area (Å²) in [7, 11) is 1.58. The number of anilines is 1. The van der Waals surface area contributed by atoms with E-state index in [1.165, 1.54) is 5.56 Å². The zero-order valence-electron chi connectivity index (χ0n) is 17.3. The average molecular weight is 412 g/mol. The number of carbonyl (C=O) groups is 2. The van der Waals surface area contributed by atoms with Crippen molar-refractivity contribution in [2.45, 2.75) is 13.0 Å². The molecule has 0 bridgehead atoms. The predicted molar refractivity (Wildman–Crippen MR) is 116 cm³/mol. The second-order valence-electron chi connectivity index (χ2n) is 7.21. The van der Waals surface area contributed by atoms with E-state index in [2.05, 4.69) is 50.2 Å². The van der Waals surface area contributed by atoms with Crippen LogP contribution in [0.2, 0.25) is 0 Å². The van der Waals surface area contributed by atoms with Crippen molar-refractivity contribution in [3.8, 4) is 5.75 Å². The van der Waals surface area contributed by atoms with Crippen LogP contribution < -0.4 is 20.9 Å². The van der Waals surface area contributed by atoms with Gasteiger partial charge in [0.1, 0.15) is 5.75 Å². The van der Waals surface area contributed by atoms with Gasteiger partial charge < -0.3 is 15.0 Å². The molecule has 3 rings (SSSR count). The van der Waals surface area contributed by atoms with Gasteiger partial charge in [-0.25, -0.2) is 10.2 Å². The smallest absolute Gasteiger partial charge is 0.337 e. The Hall–Kier alpha value is -3.10. The van der Waals surface area contributed by atoms with Gasteiger partial charge in [-0.1, -0.05) is 30.3 Å². The highest BCUT2D eigenvalue weighted by Gasteiger charge is 2.17. The highest BCUT2D eigenvalue weighted by Crippen LogP contribution is 2.14. The van der Waals surface area contributed by atoms with Crippen molar-refractivity contribution >= 4 is 17.6 Å². The van der Waals surface area contributed by atoms with Crippen LogP contribution in [0.5, 0.6) is 5.75 Å². The zero-order chi connectivity index (χ0) is 21.2. The summed E-state index contributed by atoms with van der Waals surface area (Å²) < 4.78 is 5.07. The first-order valence-corrected chi connectivity index (χ1v) is 10.1. The number of nitrogens with one attached hydrogen (secondary N) is 3. The number of urea groups is 1. The second kappa shape index (κ2) is 11.2. The number of benzene rings is 2. The summed E-state index contributed by atoms with van der Waals surface area (Å²) in [5.41, 5.74) is 6.75. The molecule has 0 unspecified atom stereocenters. The van der Waals surface area contributed by atoms with Crippen LogP contribution in [0.3, 0.4) is 0 Å². The Morgan fingerprint density at radius 2 is 1.57 bits per heavy atom. The number of hydrazine groups is 1. The van der Waals surface area contributed by atoms with Crippen molar-refractivity contribution in [3.63, 3.8) is 0 Å². The van der Waals surface area contributed by atoms with Crippen molar-refractivity contribution in [2.24, 2.45) is 0 Å². The molecule has 8 nitrogen and oxygen atoms in total. The monoisotopic (exact) mass is 411 g/mol. The topological polar surface area (TPSA) is 85.9 Å². The van der Waals surface area contributed by atoms with Crippen LogP contribution in [-0.4, -0.2) is 61.6 Å². The van der Waals surface area contributed by atoms with Crippen LogP contribution in [0.25, 0.3) is 0 Å². The molecule has 0 radical (unpaired) electrons. The molecule has 30 heavy (non-hydrogen) atoms. The van der Waals surface area contributed by atoms with E-state index < -0.39 is 6.03 Å². The maximum absolute atomic E-state index is 12.0. The molecule has 1 saturated heterocycles. The predicted octanol–water partition coefficient (Wildman–Crippen LogP) is 2.06. The summed E-state index contributed by atoms with van der Waals surface area (Å²) in [5, 5.41) is 2.64. The van der Waals surface area contributed by atoms with Gasteiger partial charge in [0.05, 0.1) is 7.11 Å². The van der Waals surface area contributed by atoms with Crippen LogP contribution in [-0.2, 0) is 11.3 Å². The number of ether oxygens (including phenoxy) is 1. The maximum Gasteiger partial charge on any atom is 0.337 e. The van der Waals surface area contributed by atoms with Gasteiger partial charge in [-0.05, 0) is 29.8 Å². The summed E-state index contributed by atoms with van der Waals surface area (Å²) >= 11 is 0. The Morgan fingerprint density at radius 3 is 2.23 bits per heavy atom. The van der Waals surface area contributed by atoms with Gasteiger partial charge in [0, 0.05) is 51.4 Å². The third kappa shape index (κ3) is 7.06. The van der Waals surface area contributed by atoms with Gasteiger partial charge in [-0.15, -0.1) is 0 Å². The van der Waals surface area contributed by atoms with Crippen molar-refractivity contribution in [1.29, 1.82) is 0 Å². The third-order valence-electron chi connectivity index (χ3n) is 5.03.